The number of hydrogen-bond acceptors (Lipinski definition) is 2. The first-order chi connectivity index (χ1) is 8.62. The molecule has 0 unspecified atom stereocenters. The fourth-order valence-electron chi connectivity index (χ4n) is 3.19. The number of benzene rings is 1. The van der Waals surface area contributed by atoms with Crippen LogP contribution in [0.3, 0.4) is 0 Å². The fraction of sp³-hybridized carbons (Fsp3) is 0.500. The molecular weight excluding hydrogens is 246 g/mol. The Labute approximate surface area is 112 Å². The summed E-state index contributed by atoms with van der Waals surface area (Å²) < 4.78 is 2.19. The second kappa shape index (κ2) is 4.16. The van der Waals surface area contributed by atoms with Crippen molar-refractivity contribution in [3.63, 3.8) is 0 Å². The van der Waals surface area contributed by atoms with Gasteiger partial charge in [0, 0.05) is 5.54 Å². The van der Waals surface area contributed by atoms with E-state index in [1.165, 1.54) is 19.3 Å². The Kier molecular flexibility index (Phi) is 2.74. The summed E-state index contributed by atoms with van der Waals surface area (Å²) in [5, 5.41) is 0.678. The minimum atomic E-state index is 0.0851. The van der Waals surface area contributed by atoms with Gasteiger partial charge in [-0.3, -0.25) is 0 Å². The van der Waals surface area contributed by atoms with E-state index in [1.807, 2.05) is 12.1 Å². The van der Waals surface area contributed by atoms with Crippen LogP contribution >= 0.6 is 11.6 Å². The normalized spacial score (nSPS) is 19.2. The molecular formula is C14H18ClN3. The summed E-state index contributed by atoms with van der Waals surface area (Å²) in [5.74, 6) is 0.586. The van der Waals surface area contributed by atoms with E-state index in [0.29, 0.717) is 11.0 Å². The maximum absolute atomic E-state index is 6.20. The average molecular weight is 264 g/mol. The number of nitrogen functional groups attached to an aromatic ring is 1. The smallest absolute Gasteiger partial charge is 0.201 e. The molecule has 96 valence electrons. The molecule has 1 aromatic heterocycles. The first-order valence-electron chi connectivity index (χ1n) is 6.55. The van der Waals surface area contributed by atoms with Crippen molar-refractivity contribution in [2.24, 2.45) is 0 Å². The molecule has 1 aliphatic carbocycles. The Morgan fingerprint density at radius 2 is 2.00 bits per heavy atom. The standard InChI is InChI=1S/C14H18ClN3/c1-14(8-3-2-4-9-14)18-11-7-5-6-10(15)12(11)17-13(18)16/h5-7H,2-4,8-9H2,1H3,(H2,16,17). The highest BCUT2D eigenvalue weighted by atomic mass is 35.5. The molecule has 1 heterocycles. The predicted octanol–water partition coefficient (Wildman–Crippen LogP) is 3.95. The van der Waals surface area contributed by atoms with Crippen molar-refractivity contribution in [1.29, 1.82) is 0 Å². The number of nitrogens with two attached hydrogens (primary N) is 1. The Balaban J connectivity index is 2.22. The second-order valence-corrected chi connectivity index (χ2v) is 5.88. The number of anilines is 1. The lowest BCUT2D eigenvalue weighted by atomic mass is 9.83. The van der Waals surface area contributed by atoms with Gasteiger partial charge in [0.2, 0.25) is 5.95 Å². The van der Waals surface area contributed by atoms with Crippen LogP contribution in [0.2, 0.25) is 5.02 Å². The summed E-state index contributed by atoms with van der Waals surface area (Å²) in [5.41, 5.74) is 8.10. The number of hydrogen-bond donors (Lipinski definition) is 1. The zero-order valence-corrected chi connectivity index (χ0v) is 11.4. The molecule has 0 bridgehead atoms. The molecule has 1 aliphatic rings. The lowest BCUT2D eigenvalue weighted by Gasteiger charge is -2.36. The summed E-state index contributed by atoms with van der Waals surface area (Å²) in [4.78, 5) is 4.44. The Morgan fingerprint density at radius 3 is 2.72 bits per heavy atom. The maximum Gasteiger partial charge on any atom is 0.201 e. The predicted molar refractivity (Wildman–Crippen MR) is 75.9 cm³/mol. The fourth-order valence-corrected chi connectivity index (χ4v) is 3.40. The van der Waals surface area contributed by atoms with Crippen LogP contribution in [0.5, 0.6) is 0 Å². The minimum absolute atomic E-state index is 0.0851. The summed E-state index contributed by atoms with van der Waals surface area (Å²) in [7, 11) is 0. The minimum Gasteiger partial charge on any atom is -0.369 e. The number of fused-ring (bicyclic) bond motifs is 1. The molecule has 0 spiro atoms. The molecule has 2 N–H and O–H groups in total. The number of nitrogens with zero attached hydrogens (tertiary/aromatic N) is 2. The number of imidazole rings is 1. The van der Waals surface area contributed by atoms with Crippen molar-refractivity contribution in [3.8, 4) is 0 Å². The summed E-state index contributed by atoms with van der Waals surface area (Å²) in [6.45, 7) is 2.28. The van der Waals surface area contributed by atoms with Crippen LogP contribution in [0.25, 0.3) is 11.0 Å². The van der Waals surface area contributed by atoms with Crippen molar-refractivity contribution in [2.75, 3.05) is 5.73 Å². The average Bonchev–Trinajstić information content (AvgIpc) is 2.68. The van der Waals surface area contributed by atoms with E-state index >= 15 is 0 Å². The van der Waals surface area contributed by atoms with Crippen LogP contribution in [-0.4, -0.2) is 9.55 Å². The van der Waals surface area contributed by atoms with E-state index in [1.54, 1.807) is 0 Å². The third-order valence-electron chi connectivity index (χ3n) is 4.13. The van der Waals surface area contributed by atoms with Gasteiger partial charge < -0.3 is 10.3 Å². The molecule has 3 rings (SSSR count). The molecule has 1 saturated carbocycles. The van der Waals surface area contributed by atoms with Gasteiger partial charge in [-0.05, 0) is 31.9 Å². The van der Waals surface area contributed by atoms with Gasteiger partial charge in [-0.1, -0.05) is 36.9 Å². The van der Waals surface area contributed by atoms with Gasteiger partial charge in [0.1, 0.15) is 5.52 Å². The monoisotopic (exact) mass is 263 g/mol. The maximum atomic E-state index is 6.20. The highest BCUT2D eigenvalue weighted by Crippen LogP contribution is 2.39. The number of rotatable bonds is 1. The molecule has 4 heteroatoms. The van der Waals surface area contributed by atoms with Gasteiger partial charge in [-0.25, -0.2) is 4.98 Å². The topological polar surface area (TPSA) is 43.8 Å². The number of aromatic nitrogens is 2. The zero-order chi connectivity index (χ0) is 12.8. The van der Waals surface area contributed by atoms with E-state index in [9.17, 15) is 0 Å². The summed E-state index contributed by atoms with van der Waals surface area (Å²) in [6, 6.07) is 5.89. The molecule has 18 heavy (non-hydrogen) atoms. The molecule has 2 aromatic rings. The highest BCUT2D eigenvalue weighted by Gasteiger charge is 2.32. The Bertz CT molecular complexity index is 582. The van der Waals surface area contributed by atoms with E-state index in [0.717, 1.165) is 23.9 Å². The zero-order valence-electron chi connectivity index (χ0n) is 10.6. The lowest BCUT2D eigenvalue weighted by Crippen LogP contribution is -2.33. The van der Waals surface area contributed by atoms with Crippen molar-refractivity contribution >= 4 is 28.6 Å². The van der Waals surface area contributed by atoms with Crippen molar-refractivity contribution in [1.82, 2.24) is 9.55 Å². The van der Waals surface area contributed by atoms with E-state index in [-0.39, 0.29) is 5.54 Å². The van der Waals surface area contributed by atoms with Crippen LogP contribution < -0.4 is 5.73 Å². The van der Waals surface area contributed by atoms with E-state index in [2.05, 4.69) is 22.5 Å². The van der Waals surface area contributed by atoms with Crippen molar-refractivity contribution in [3.05, 3.63) is 23.2 Å². The first kappa shape index (κ1) is 11.8. The van der Waals surface area contributed by atoms with Crippen LogP contribution in [0.1, 0.15) is 39.0 Å². The summed E-state index contributed by atoms with van der Waals surface area (Å²) in [6.07, 6.45) is 6.17. The van der Waals surface area contributed by atoms with Gasteiger partial charge in [0.15, 0.2) is 0 Å². The molecule has 1 aromatic carbocycles. The highest BCUT2D eigenvalue weighted by molar-refractivity contribution is 6.35. The lowest BCUT2D eigenvalue weighted by molar-refractivity contribution is 0.228. The van der Waals surface area contributed by atoms with Crippen LogP contribution in [-0.2, 0) is 5.54 Å². The van der Waals surface area contributed by atoms with Gasteiger partial charge in [-0.15, -0.1) is 0 Å². The molecule has 0 aliphatic heterocycles. The SMILES string of the molecule is CC1(n2c(N)nc3c(Cl)cccc32)CCCCC1. The van der Waals surface area contributed by atoms with Crippen molar-refractivity contribution in [2.45, 2.75) is 44.6 Å². The van der Waals surface area contributed by atoms with Gasteiger partial charge in [0.05, 0.1) is 10.5 Å². The molecule has 0 radical (unpaired) electrons. The molecule has 3 nitrogen and oxygen atoms in total. The van der Waals surface area contributed by atoms with Gasteiger partial charge in [0.25, 0.3) is 0 Å². The van der Waals surface area contributed by atoms with Crippen LogP contribution in [0.15, 0.2) is 18.2 Å². The first-order valence-corrected chi connectivity index (χ1v) is 6.92. The molecule has 0 atom stereocenters. The largest absolute Gasteiger partial charge is 0.369 e. The number of halogens is 1. The summed E-state index contributed by atoms with van der Waals surface area (Å²) >= 11 is 6.20. The van der Waals surface area contributed by atoms with Crippen molar-refractivity contribution < 1.29 is 0 Å². The second-order valence-electron chi connectivity index (χ2n) is 5.47. The van der Waals surface area contributed by atoms with Crippen LogP contribution in [0, 0.1) is 0 Å². The number of para-hydroxylation sites is 1. The Hall–Kier alpha value is -1.22. The third-order valence-corrected chi connectivity index (χ3v) is 4.44. The quantitative estimate of drug-likeness (QED) is 0.847. The molecule has 0 amide bonds. The Morgan fingerprint density at radius 1 is 1.28 bits per heavy atom. The molecule has 1 fully saturated rings. The van der Waals surface area contributed by atoms with E-state index < -0.39 is 0 Å². The van der Waals surface area contributed by atoms with Crippen LogP contribution in [0.4, 0.5) is 5.95 Å². The van der Waals surface area contributed by atoms with E-state index in [4.69, 9.17) is 17.3 Å². The van der Waals surface area contributed by atoms with Gasteiger partial charge >= 0.3 is 0 Å². The third kappa shape index (κ3) is 1.69. The van der Waals surface area contributed by atoms with Gasteiger partial charge in [-0.2, -0.15) is 0 Å². The molecule has 0 saturated heterocycles.